The molecule has 4 aromatic rings. The topological polar surface area (TPSA) is 102 Å². The van der Waals surface area contributed by atoms with Gasteiger partial charge in [0.15, 0.2) is 17.2 Å². The molecule has 0 spiro atoms. The van der Waals surface area contributed by atoms with Crippen LogP contribution in [0.5, 0.6) is 17.2 Å². The van der Waals surface area contributed by atoms with Crippen molar-refractivity contribution in [3.05, 3.63) is 77.9 Å². The van der Waals surface area contributed by atoms with Gasteiger partial charge in [-0.2, -0.15) is 5.10 Å². The molecule has 0 atom stereocenters. The van der Waals surface area contributed by atoms with E-state index < -0.39 is 23.2 Å². The van der Waals surface area contributed by atoms with Gasteiger partial charge in [-0.25, -0.2) is 5.43 Å². The maximum atomic E-state index is 12.2. The highest BCUT2D eigenvalue weighted by molar-refractivity contribution is 6.13. The van der Waals surface area contributed by atoms with E-state index in [1.165, 1.54) is 0 Å². The quantitative estimate of drug-likeness (QED) is 0.190. The van der Waals surface area contributed by atoms with E-state index in [2.05, 4.69) is 16.6 Å². The number of hydrogen-bond acceptors (Lipinski definition) is 5. The van der Waals surface area contributed by atoms with Gasteiger partial charge in [0, 0.05) is 11.1 Å². The summed E-state index contributed by atoms with van der Waals surface area (Å²) in [5.41, 5.74) is 3.21. The Balaban J connectivity index is 1.69. The van der Waals surface area contributed by atoms with Crippen molar-refractivity contribution in [2.24, 2.45) is 5.10 Å². The van der Waals surface area contributed by atoms with E-state index in [9.17, 15) is 20.1 Å². The highest BCUT2D eigenvalue weighted by Crippen LogP contribution is 2.35. The average molecular weight is 372 g/mol. The lowest BCUT2D eigenvalue weighted by Crippen LogP contribution is -2.17. The molecule has 6 nitrogen and oxygen atoms in total. The predicted molar refractivity (Wildman–Crippen MR) is 108 cm³/mol. The zero-order valence-electron chi connectivity index (χ0n) is 14.6. The molecule has 138 valence electrons. The first-order valence-electron chi connectivity index (χ1n) is 8.53. The summed E-state index contributed by atoms with van der Waals surface area (Å²) < 4.78 is 0. The number of phenolic OH excluding ortho intramolecular Hbond substituents is 3. The number of carbonyl (C=O) groups excluding carboxylic acids is 1. The molecule has 0 aliphatic heterocycles. The van der Waals surface area contributed by atoms with Crippen LogP contribution in [0.1, 0.15) is 15.9 Å². The fraction of sp³-hybridized carbons (Fsp3) is 0. The van der Waals surface area contributed by atoms with E-state index in [4.69, 9.17) is 0 Å². The van der Waals surface area contributed by atoms with Crippen LogP contribution in [0.4, 0.5) is 0 Å². The van der Waals surface area contributed by atoms with Crippen molar-refractivity contribution in [2.45, 2.75) is 0 Å². The highest BCUT2D eigenvalue weighted by Gasteiger charge is 2.13. The van der Waals surface area contributed by atoms with Crippen LogP contribution in [-0.4, -0.2) is 27.4 Å². The lowest BCUT2D eigenvalue weighted by molar-refractivity contribution is 0.0954. The number of benzene rings is 4. The summed E-state index contributed by atoms with van der Waals surface area (Å²) in [4.78, 5) is 12.2. The van der Waals surface area contributed by atoms with Crippen molar-refractivity contribution in [3.8, 4) is 17.2 Å². The zero-order valence-corrected chi connectivity index (χ0v) is 14.6. The van der Waals surface area contributed by atoms with Crippen LogP contribution in [0.3, 0.4) is 0 Å². The van der Waals surface area contributed by atoms with Crippen molar-refractivity contribution < 1.29 is 20.1 Å². The third-order valence-electron chi connectivity index (χ3n) is 4.50. The molecule has 0 aliphatic rings. The fourth-order valence-corrected chi connectivity index (χ4v) is 3.14. The van der Waals surface area contributed by atoms with Gasteiger partial charge in [-0.05, 0) is 39.7 Å². The van der Waals surface area contributed by atoms with Crippen LogP contribution in [0.15, 0.2) is 71.8 Å². The van der Waals surface area contributed by atoms with E-state index in [0.717, 1.165) is 39.2 Å². The number of phenols is 3. The summed E-state index contributed by atoms with van der Waals surface area (Å²) in [6.07, 6.45) is 1.57. The Morgan fingerprint density at radius 2 is 1.36 bits per heavy atom. The van der Waals surface area contributed by atoms with Gasteiger partial charge in [-0.15, -0.1) is 0 Å². The van der Waals surface area contributed by atoms with Gasteiger partial charge in [-0.3, -0.25) is 4.79 Å². The summed E-state index contributed by atoms with van der Waals surface area (Å²) in [7, 11) is 0. The lowest BCUT2D eigenvalue weighted by atomic mass is 9.97. The zero-order chi connectivity index (χ0) is 19.7. The van der Waals surface area contributed by atoms with Crippen LogP contribution in [0.25, 0.3) is 21.5 Å². The predicted octanol–water partition coefficient (Wildman–Crippen LogP) is 3.87. The van der Waals surface area contributed by atoms with Crippen molar-refractivity contribution in [1.82, 2.24) is 5.43 Å². The molecule has 6 heteroatoms. The molecule has 0 aromatic heterocycles. The van der Waals surface area contributed by atoms with Gasteiger partial charge in [-0.1, -0.05) is 48.5 Å². The minimum Gasteiger partial charge on any atom is -0.504 e. The summed E-state index contributed by atoms with van der Waals surface area (Å²) in [6, 6.07) is 20.0. The van der Waals surface area contributed by atoms with E-state index in [0.29, 0.717) is 0 Å². The van der Waals surface area contributed by atoms with Gasteiger partial charge in [0.05, 0.1) is 6.21 Å². The first kappa shape index (κ1) is 17.4. The molecule has 0 heterocycles. The SMILES string of the molecule is O=C(N/N=C\c1c2ccccc2cc2ccccc12)c1cc(O)c(O)c(O)c1. The number of carbonyl (C=O) groups is 1. The Bertz CT molecular complexity index is 1170. The molecule has 0 unspecified atom stereocenters. The van der Waals surface area contributed by atoms with Crippen molar-refractivity contribution in [1.29, 1.82) is 0 Å². The van der Waals surface area contributed by atoms with Gasteiger partial charge < -0.3 is 15.3 Å². The molecule has 0 fully saturated rings. The number of nitrogens with zero attached hydrogens (tertiary/aromatic N) is 1. The first-order chi connectivity index (χ1) is 13.5. The Morgan fingerprint density at radius 1 is 0.821 bits per heavy atom. The van der Waals surface area contributed by atoms with Crippen molar-refractivity contribution in [3.63, 3.8) is 0 Å². The number of aromatic hydroxyl groups is 3. The molecule has 4 aromatic carbocycles. The fourth-order valence-electron chi connectivity index (χ4n) is 3.14. The summed E-state index contributed by atoms with van der Waals surface area (Å²) in [5.74, 6) is -2.49. The molecule has 0 saturated heterocycles. The van der Waals surface area contributed by atoms with Gasteiger partial charge in [0.2, 0.25) is 0 Å². The number of hydrogen-bond donors (Lipinski definition) is 4. The number of amides is 1. The summed E-state index contributed by atoms with van der Waals surface area (Å²) in [5, 5.41) is 36.6. The molecule has 4 N–H and O–H groups in total. The van der Waals surface area contributed by atoms with Crippen LogP contribution in [-0.2, 0) is 0 Å². The van der Waals surface area contributed by atoms with E-state index in [-0.39, 0.29) is 5.56 Å². The Labute approximate surface area is 160 Å². The van der Waals surface area contributed by atoms with Crippen molar-refractivity contribution in [2.75, 3.05) is 0 Å². The Kier molecular flexibility index (Phi) is 4.29. The minimum absolute atomic E-state index is 0.0345. The lowest BCUT2D eigenvalue weighted by Gasteiger charge is -2.08. The highest BCUT2D eigenvalue weighted by atomic mass is 16.3. The average Bonchev–Trinajstić information content (AvgIpc) is 2.71. The van der Waals surface area contributed by atoms with Crippen LogP contribution in [0, 0.1) is 0 Å². The standard InChI is InChI=1S/C22H16N2O4/c25-19-10-15(11-20(26)21(19)27)22(28)24-23-12-18-16-7-3-1-5-13(16)9-14-6-2-4-8-17(14)18/h1-12,25-27H,(H,24,28)/b23-12-. The maximum absolute atomic E-state index is 12.2. The largest absolute Gasteiger partial charge is 0.504 e. The molecule has 0 saturated carbocycles. The second-order valence-electron chi connectivity index (χ2n) is 6.29. The molecule has 4 rings (SSSR count). The molecule has 0 bridgehead atoms. The molecule has 1 amide bonds. The van der Waals surface area contributed by atoms with Gasteiger partial charge in [0.1, 0.15) is 0 Å². The minimum atomic E-state index is -0.678. The van der Waals surface area contributed by atoms with Gasteiger partial charge in [0.25, 0.3) is 5.91 Å². The van der Waals surface area contributed by atoms with Crippen LogP contribution in [0.2, 0.25) is 0 Å². The molecular formula is C22H16N2O4. The Morgan fingerprint density at radius 3 is 1.93 bits per heavy atom. The summed E-state index contributed by atoms with van der Waals surface area (Å²) in [6.45, 7) is 0. The number of nitrogens with one attached hydrogen (secondary N) is 1. The van der Waals surface area contributed by atoms with Crippen LogP contribution >= 0.6 is 0 Å². The van der Waals surface area contributed by atoms with Gasteiger partial charge >= 0.3 is 0 Å². The second kappa shape index (κ2) is 6.92. The van der Waals surface area contributed by atoms with E-state index >= 15 is 0 Å². The maximum Gasteiger partial charge on any atom is 0.271 e. The van der Waals surface area contributed by atoms with Crippen molar-refractivity contribution >= 4 is 33.7 Å². The normalized spacial score (nSPS) is 11.3. The number of hydrazone groups is 1. The van der Waals surface area contributed by atoms with E-state index in [1.54, 1.807) is 6.21 Å². The molecule has 28 heavy (non-hydrogen) atoms. The third-order valence-corrected chi connectivity index (χ3v) is 4.50. The Hall–Kier alpha value is -4.06. The van der Waals surface area contributed by atoms with Crippen LogP contribution < -0.4 is 5.43 Å². The molecule has 0 radical (unpaired) electrons. The molecule has 0 aliphatic carbocycles. The summed E-state index contributed by atoms with van der Waals surface area (Å²) >= 11 is 0. The first-order valence-corrected chi connectivity index (χ1v) is 8.53. The smallest absolute Gasteiger partial charge is 0.271 e. The number of rotatable bonds is 3. The monoisotopic (exact) mass is 372 g/mol. The number of fused-ring (bicyclic) bond motifs is 2. The van der Waals surface area contributed by atoms with E-state index in [1.807, 2.05) is 48.5 Å². The molecular weight excluding hydrogens is 356 g/mol. The second-order valence-corrected chi connectivity index (χ2v) is 6.29. The third kappa shape index (κ3) is 3.07.